The van der Waals surface area contributed by atoms with Crippen LogP contribution in [0.3, 0.4) is 0 Å². The van der Waals surface area contributed by atoms with Gasteiger partial charge in [0.1, 0.15) is 0 Å². The maximum Gasteiger partial charge on any atom is 0.243 e. The minimum Gasteiger partial charge on any atom is -0.379 e. The molecular weight excluding hydrogens is 411 g/mol. The van der Waals surface area contributed by atoms with E-state index in [-0.39, 0.29) is 17.2 Å². The standard InChI is InChI=1S/C18H18Cl2N2O4S/c19-14-3-6-17(16(20)11-14)21-12-18(23)13-1-4-15(5-2-13)27(24,25)22-7-9-26-10-8-22/h1-6,11,21H,7-10,12H2. The van der Waals surface area contributed by atoms with Crippen molar-refractivity contribution in [2.24, 2.45) is 0 Å². The van der Waals surface area contributed by atoms with Gasteiger partial charge in [-0.2, -0.15) is 4.31 Å². The van der Waals surface area contributed by atoms with Gasteiger partial charge in [-0.3, -0.25) is 4.79 Å². The number of hydrogen-bond donors (Lipinski definition) is 1. The minimum atomic E-state index is -3.57. The summed E-state index contributed by atoms with van der Waals surface area (Å²) in [6, 6.07) is 10.9. The zero-order chi connectivity index (χ0) is 19.4. The molecule has 3 rings (SSSR count). The molecule has 0 bridgehead atoms. The summed E-state index contributed by atoms with van der Waals surface area (Å²) in [7, 11) is -3.57. The molecule has 1 aliphatic rings. The van der Waals surface area contributed by atoms with Crippen molar-refractivity contribution in [1.29, 1.82) is 0 Å². The molecule has 2 aromatic rings. The van der Waals surface area contributed by atoms with Crippen molar-refractivity contribution >= 4 is 44.7 Å². The SMILES string of the molecule is O=C(CNc1ccc(Cl)cc1Cl)c1ccc(S(=O)(=O)N2CCOCC2)cc1. The summed E-state index contributed by atoms with van der Waals surface area (Å²) in [5.41, 5.74) is 1.01. The van der Waals surface area contributed by atoms with E-state index in [1.165, 1.54) is 28.6 Å². The third kappa shape index (κ3) is 4.80. The molecule has 0 saturated carbocycles. The van der Waals surface area contributed by atoms with Crippen LogP contribution in [0, 0.1) is 0 Å². The molecule has 0 amide bonds. The van der Waals surface area contributed by atoms with E-state index in [0.29, 0.717) is 47.6 Å². The van der Waals surface area contributed by atoms with Gasteiger partial charge in [-0.05, 0) is 42.5 Å². The van der Waals surface area contributed by atoms with E-state index in [2.05, 4.69) is 5.32 Å². The van der Waals surface area contributed by atoms with Crippen LogP contribution < -0.4 is 5.32 Å². The molecule has 0 radical (unpaired) electrons. The van der Waals surface area contributed by atoms with E-state index in [4.69, 9.17) is 27.9 Å². The lowest BCUT2D eigenvalue weighted by molar-refractivity contribution is 0.0730. The maximum absolute atomic E-state index is 12.6. The van der Waals surface area contributed by atoms with Crippen molar-refractivity contribution in [2.45, 2.75) is 4.90 Å². The maximum atomic E-state index is 12.6. The van der Waals surface area contributed by atoms with Crippen molar-refractivity contribution in [3.05, 3.63) is 58.1 Å². The van der Waals surface area contributed by atoms with Gasteiger partial charge < -0.3 is 10.1 Å². The lowest BCUT2D eigenvalue weighted by Crippen LogP contribution is -2.40. The van der Waals surface area contributed by atoms with Gasteiger partial charge in [0, 0.05) is 23.7 Å². The van der Waals surface area contributed by atoms with E-state index in [1.54, 1.807) is 18.2 Å². The second-order valence-electron chi connectivity index (χ2n) is 5.94. The first-order chi connectivity index (χ1) is 12.9. The number of morpholine rings is 1. The number of sulfonamides is 1. The van der Waals surface area contributed by atoms with Crippen molar-refractivity contribution in [3.8, 4) is 0 Å². The van der Waals surface area contributed by atoms with Crippen molar-refractivity contribution < 1.29 is 17.9 Å². The predicted octanol–water partition coefficient (Wildman–Crippen LogP) is 3.31. The van der Waals surface area contributed by atoms with Crippen LogP contribution in [0.1, 0.15) is 10.4 Å². The van der Waals surface area contributed by atoms with Gasteiger partial charge in [0.15, 0.2) is 5.78 Å². The molecule has 6 nitrogen and oxygen atoms in total. The molecular formula is C18H18Cl2N2O4S. The summed E-state index contributed by atoms with van der Waals surface area (Å²) in [4.78, 5) is 12.5. The molecule has 144 valence electrons. The third-order valence-corrected chi connectivity index (χ3v) is 6.62. The monoisotopic (exact) mass is 428 g/mol. The summed E-state index contributed by atoms with van der Waals surface area (Å²) in [6.45, 7) is 1.45. The normalized spacial score (nSPS) is 15.5. The number of carbonyl (C=O) groups is 1. The second kappa shape index (κ2) is 8.58. The smallest absolute Gasteiger partial charge is 0.243 e. The number of rotatable bonds is 6. The number of nitrogens with one attached hydrogen (secondary N) is 1. The quantitative estimate of drug-likeness (QED) is 0.714. The first kappa shape index (κ1) is 20.1. The molecule has 0 atom stereocenters. The number of halogens is 2. The Hall–Kier alpha value is -1.64. The zero-order valence-corrected chi connectivity index (χ0v) is 16.6. The molecule has 27 heavy (non-hydrogen) atoms. The molecule has 9 heteroatoms. The zero-order valence-electron chi connectivity index (χ0n) is 14.3. The van der Waals surface area contributed by atoms with Crippen molar-refractivity contribution in [1.82, 2.24) is 4.31 Å². The van der Waals surface area contributed by atoms with Gasteiger partial charge in [-0.1, -0.05) is 23.2 Å². The van der Waals surface area contributed by atoms with E-state index in [0.717, 1.165) is 0 Å². The van der Waals surface area contributed by atoms with Crippen LogP contribution in [-0.2, 0) is 14.8 Å². The van der Waals surface area contributed by atoms with Gasteiger partial charge in [0.25, 0.3) is 0 Å². The van der Waals surface area contributed by atoms with Gasteiger partial charge in [-0.25, -0.2) is 8.42 Å². The Bertz CT molecular complexity index is 927. The first-order valence-electron chi connectivity index (χ1n) is 8.28. The number of hydrogen-bond acceptors (Lipinski definition) is 5. The van der Waals surface area contributed by atoms with Gasteiger partial charge in [-0.15, -0.1) is 0 Å². The Morgan fingerprint density at radius 3 is 2.37 bits per heavy atom. The Morgan fingerprint density at radius 1 is 1.07 bits per heavy atom. The Labute approximate surface area is 168 Å². The Kier molecular flexibility index (Phi) is 6.39. The Morgan fingerprint density at radius 2 is 1.74 bits per heavy atom. The van der Waals surface area contributed by atoms with Gasteiger partial charge >= 0.3 is 0 Å². The van der Waals surface area contributed by atoms with Crippen LogP contribution >= 0.6 is 23.2 Å². The largest absolute Gasteiger partial charge is 0.379 e. The highest BCUT2D eigenvalue weighted by Crippen LogP contribution is 2.25. The fraction of sp³-hybridized carbons (Fsp3) is 0.278. The second-order valence-corrected chi connectivity index (χ2v) is 8.72. The molecule has 0 spiro atoms. The summed E-state index contributed by atoms with van der Waals surface area (Å²) in [5.74, 6) is -0.184. The highest BCUT2D eigenvalue weighted by atomic mass is 35.5. The number of anilines is 1. The topological polar surface area (TPSA) is 75.7 Å². The number of carbonyl (C=O) groups excluding carboxylic acids is 1. The van der Waals surface area contributed by atoms with Crippen LogP contribution in [0.5, 0.6) is 0 Å². The van der Waals surface area contributed by atoms with Gasteiger partial charge in [0.2, 0.25) is 10.0 Å². The van der Waals surface area contributed by atoms with Crippen LogP contribution in [0.2, 0.25) is 10.0 Å². The van der Waals surface area contributed by atoms with E-state index in [9.17, 15) is 13.2 Å². The number of nitrogens with zero attached hydrogens (tertiary/aromatic N) is 1. The minimum absolute atomic E-state index is 0.0247. The summed E-state index contributed by atoms with van der Waals surface area (Å²) < 4.78 is 31.8. The fourth-order valence-corrected chi connectivity index (χ4v) is 4.54. The lowest BCUT2D eigenvalue weighted by Gasteiger charge is -2.26. The average molecular weight is 429 g/mol. The van der Waals surface area contributed by atoms with E-state index >= 15 is 0 Å². The number of ether oxygens (including phenoxy) is 1. The highest BCUT2D eigenvalue weighted by Gasteiger charge is 2.26. The summed E-state index contributed by atoms with van der Waals surface area (Å²) >= 11 is 11.9. The number of Topliss-reactive ketones (excluding diaryl/α,β-unsaturated/α-hetero) is 1. The number of benzene rings is 2. The van der Waals surface area contributed by atoms with E-state index in [1.807, 2.05) is 0 Å². The number of ketones is 1. The predicted molar refractivity (Wildman–Crippen MR) is 105 cm³/mol. The molecule has 0 unspecified atom stereocenters. The molecule has 1 N–H and O–H groups in total. The molecule has 1 saturated heterocycles. The van der Waals surface area contributed by atoms with Crippen LogP contribution in [-0.4, -0.2) is 51.4 Å². The van der Waals surface area contributed by atoms with Crippen LogP contribution in [0.15, 0.2) is 47.4 Å². The molecule has 1 heterocycles. The highest BCUT2D eigenvalue weighted by molar-refractivity contribution is 7.89. The van der Waals surface area contributed by atoms with Gasteiger partial charge in [0.05, 0.1) is 35.4 Å². The molecule has 2 aromatic carbocycles. The third-order valence-electron chi connectivity index (χ3n) is 4.15. The lowest BCUT2D eigenvalue weighted by atomic mass is 10.1. The summed E-state index contributed by atoms with van der Waals surface area (Å²) in [5, 5.41) is 3.88. The van der Waals surface area contributed by atoms with E-state index < -0.39 is 10.0 Å². The van der Waals surface area contributed by atoms with Crippen LogP contribution in [0.4, 0.5) is 5.69 Å². The van der Waals surface area contributed by atoms with Crippen LogP contribution in [0.25, 0.3) is 0 Å². The molecule has 1 aliphatic heterocycles. The summed E-state index contributed by atoms with van der Waals surface area (Å²) in [6.07, 6.45) is 0. The Balaban J connectivity index is 1.66. The molecule has 1 fully saturated rings. The molecule has 0 aliphatic carbocycles. The fourth-order valence-electron chi connectivity index (χ4n) is 2.66. The van der Waals surface area contributed by atoms with Crippen molar-refractivity contribution in [2.75, 3.05) is 38.2 Å². The molecule has 0 aromatic heterocycles. The van der Waals surface area contributed by atoms with Crippen molar-refractivity contribution in [3.63, 3.8) is 0 Å². The average Bonchev–Trinajstić information content (AvgIpc) is 2.68. The first-order valence-corrected chi connectivity index (χ1v) is 10.5.